The third kappa shape index (κ3) is 3.71. The lowest BCUT2D eigenvalue weighted by molar-refractivity contribution is 0.324. The van der Waals surface area contributed by atoms with Crippen LogP contribution in [-0.4, -0.2) is 35.9 Å². The van der Waals surface area contributed by atoms with Gasteiger partial charge in [0.15, 0.2) is 17.1 Å². The van der Waals surface area contributed by atoms with Gasteiger partial charge in [0.1, 0.15) is 11.5 Å². The second kappa shape index (κ2) is 8.00. The smallest absolute Gasteiger partial charge is 0.203 e. The van der Waals surface area contributed by atoms with Crippen LogP contribution in [-0.2, 0) is 6.54 Å². The molecule has 0 unspecified atom stereocenters. The number of thiophene rings is 1. The Kier molecular flexibility index (Phi) is 5.26. The zero-order chi connectivity index (χ0) is 20.4. The Labute approximate surface area is 172 Å². The summed E-state index contributed by atoms with van der Waals surface area (Å²) >= 11 is 1.69. The van der Waals surface area contributed by atoms with E-state index in [4.69, 9.17) is 19.3 Å². The minimum Gasteiger partial charge on any atom is -0.493 e. The number of hydrogen-bond donors (Lipinski definition) is 1. The standard InChI is InChI=1S/C21H22N4O3S/c1-13-7-18(29-12-13)15-11-23-20-6-5-19(24-25(15)20)22-10-14-8-16(26-2)21(28-4)17(9-14)27-3/h5-9,11-12H,10H2,1-4H3,(H,22,24). The van der Waals surface area contributed by atoms with Gasteiger partial charge in [-0.2, -0.15) is 0 Å². The predicted octanol–water partition coefficient (Wildman–Crippen LogP) is 4.40. The van der Waals surface area contributed by atoms with E-state index in [-0.39, 0.29) is 0 Å². The fourth-order valence-corrected chi connectivity index (χ4v) is 4.03. The number of aryl methyl sites for hydroxylation is 1. The van der Waals surface area contributed by atoms with Crippen molar-refractivity contribution in [1.82, 2.24) is 14.6 Å². The average Bonchev–Trinajstić information content (AvgIpc) is 3.36. The molecule has 0 bridgehead atoms. The second-order valence-corrected chi connectivity index (χ2v) is 7.42. The highest BCUT2D eigenvalue weighted by molar-refractivity contribution is 7.13. The largest absolute Gasteiger partial charge is 0.493 e. The summed E-state index contributed by atoms with van der Waals surface area (Å²) in [6.45, 7) is 2.64. The topological polar surface area (TPSA) is 69.9 Å². The molecule has 4 rings (SSSR count). The number of fused-ring (bicyclic) bond motifs is 1. The van der Waals surface area contributed by atoms with Crippen LogP contribution in [0.3, 0.4) is 0 Å². The van der Waals surface area contributed by atoms with E-state index in [9.17, 15) is 0 Å². The molecule has 0 radical (unpaired) electrons. The van der Waals surface area contributed by atoms with Crippen molar-refractivity contribution in [2.75, 3.05) is 26.6 Å². The molecular formula is C21H22N4O3S. The highest BCUT2D eigenvalue weighted by atomic mass is 32.1. The van der Waals surface area contributed by atoms with E-state index in [1.165, 1.54) is 5.56 Å². The molecule has 0 spiro atoms. The monoisotopic (exact) mass is 410 g/mol. The number of nitrogens with one attached hydrogen (secondary N) is 1. The number of benzene rings is 1. The van der Waals surface area contributed by atoms with Gasteiger partial charge in [0.2, 0.25) is 5.75 Å². The molecule has 8 heteroatoms. The predicted molar refractivity (Wildman–Crippen MR) is 114 cm³/mol. The van der Waals surface area contributed by atoms with Crippen LogP contribution in [0.5, 0.6) is 17.2 Å². The van der Waals surface area contributed by atoms with Gasteiger partial charge < -0.3 is 19.5 Å². The fourth-order valence-electron chi connectivity index (χ4n) is 3.13. The van der Waals surface area contributed by atoms with Gasteiger partial charge in [-0.25, -0.2) is 9.50 Å². The molecule has 1 N–H and O–H groups in total. The first kappa shape index (κ1) is 19.1. The normalized spacial score (nSPS) is 10.9. The number of ether oxygens (including phenoxy) is 3. The van der Waals surface area contributed by atoms with Crippen molar-refractivity contribution < 1.29 is 14.2 Å². The van der Waals surface area contributed by atoms with E-state index in [0.717, 1.165) is 27.6 Å². The van der Waals surface area contributed by atoms with Gasteiger partial charge in [0.25, 0.3) is 0 Å². The maximum absolute atomic E-state index is 5.43. The second-order valence-electron chi connectivity index (χ2n) is 6.51. The Hall–Kier alpha value is -3.26. The molecule has 0 aliphatic rings. The molecule has 4 aromatic rings. The van der Waals surface area contributed by atoms with Gasteiger partial charge >= 0.3 is 0 Å². The number of nitrogens with zero attached hydrogens (tertiary/aromatic N) is 3. The van der Waals surface area contributed by atoms with Crippen LogP contribution in [0.2, 0.25) is 0 Å². The molecule has 3 aromatic heterocycles. The van der Waals surface area contributed by atoms with Crippen LogP contribution in [0.4, 0.5) is 5.82 Å². The van der Waals surface area contributed by atoms with Crippen LogP contribution in [0.1, 0.15) is 11.1 Å². The van der Waals surface area contributed by atoms with E-state index < -0.39 is 0 Å². The van der Waals surface area contributed by atoms with Gasteiger partial charge in [-0.3, -0.25) is 0 Å². The Morgan fingerprint density at radius 2 is 1.79 bits per heavy atom. The van der Waals surface area contributed by atoms with Gasteiger partial charge in [-0.15, -0.1) is 16.4 Å². The highest BCUT2D eigenvalue weighted by Gasteiger charge is 2.14. The summed E-state index contributed by atoms with van der Waals surface area (Å²) in [4.78, 5) is 5.60. The molecule has 150 valence electrons. The van der Waals surface area contributed by atoms with Crippen LogP contribution in [0.15, 0.2) is 41.9 Å². The number of imidazole rings is 1. The summed E-state index contributed by atoms with van der Waals surface area (Å²) in [5, 5.41) is 10.2. The van der Waals surface area contributed by atoms with Crippen molar-refractivity contribution >= 4 is 22.8 Å². The molecule has 29 heavy (non-hydrogen) atoms. The summed E-state index contributed by atoms with van der Waals surface area (Å²) in [5.74, 6) is 2.57. The Morgan fingerprint density at radius 1 is 1.03 bits per heavy atom. The lowest BCUT2D eigenvalue weighted by atomic mass is 10.1. The summed E-state index contributed by atoms with van der Waals surface area (Å²) < 4.78 is 18.1. The maximum Gasteiger partial charge on any atom is 0.203 e. The molecule has 7 nitrogen and oxygen atoms in total. The first-order valence-electron chi connectivity index (χ1n) is 9.06. The Morgan fingerprint density at radius 3 is 2.41 bits per heavy atom. The van der Waals surface area contributed by atoms with Crippen molar-refractivity contribution in [3.8, 4) is 27.8 Å². The quantitative estimate of drug-likeness (QED) is 0.487. The van der Waals surface area contributed by atoms with E-state index in [2.05, 4.69) is 28.7 Å². The van der Waals surface area contributed by atoms with E-state index in [0.29, 0.717) is 23.8 Å². The zero-order valence-corrected chi connectivity index (χ0v) is 17.5. The van der Waals surface area contributed by atoms with Crippen molar-refractivity contribution in [3.05, 3.63) is 53.0 Å². The van der Waals surface area contributed by atoms with Crippen molar-refractivity contribution in [3.63, 3.8) is 0 Å². The number of aromatic nitrogens is 3. The summed E-state index contributed by atoms with van der Waals surface area (Å²) in [7, 11) is 4.81. The molecule has 0 aliphatic carbocycles. The van der Waals surface area contributed by atoms with Crippen molar-refractivity contribution in [1.29, 1.82) is 0 Å². The zero-order valence-electron chi connectivity index (χ0n) is 16.7. The van der Waals surface area contributed by atoms with Crippen molar-refractivity contribution in [2.24, 2.45) is 0 Å². The highest BCUT2D eigenvalue weighted by Crippen LogP contribution is 2.38. The molecule has 0 atom stereocenters. The summed E-state index contributed by atoms with van der Waals surface area (Å²) in [6, 6.07) is 9.86. The Balaban J connectivity index is 1.60. The average molecular weight is 410 g/mol. The van der Waals surface area contributed by atoms with Gasteiger partial charge in [0, 0.05) is 6.54 Å². The first-order valence-corrected chi connectivity index (χ1v) is 9.94. The van der Waals surface area contributed by atoms with Gasteiger partial charge in [0.05, 0.1) is 32.4 Å². The Bertz CT molecular complexity index is 1130. The number of methoxy groups -OCH3 is 3. The summed E-state index contributed by atoms with van der Waals surface area (Å²) in [6.07, 6.45) is 1.86. The van der Waals surface area contributed by atoms with E-state index >= 15 is 0 Å². The molecule has 0 saturated heterocycles. The number of rotatable bonds is 7. The van der Waals surface area contributed by atoms with Crippen molar-refractivity contribution in [2.45, 2.75) is 13.5 Å². The fraction of sp³-hybridized carbons (Fsp3) is 0.238. The number of hydrogen-bond acceptors (Lipinski definition) is 7. The van der Waals surface area contributed by atoms with Crippen LogP contribution in [0.25, 0.3) is 16.2 Å². The minimum atomic E-state index is 0.553. The lowest BCUT2D eigenvalue weighted by Crippen LogP contribution is -2.05. The van der Waals surface area contributed by atoms with Crippen LogP contribution >= 0.6 is 11.3 Å². The molecule has 3 heterocycles. The SMILES string of the molecule is COc1cc(CNc2ccc3ncc(-c4cc(C)cs4)n3n2)cc(OC)c1OC. The molecule has 0 aliphatic heterocycles. The lowest BCUT2D eigenvalue weighted by Gasteiger charge is -2.14. The molecule has 0 fully saturated rings. The first-order chi connectivity index (χ1) is 14.1. The van der Waals surface area contributed by atoms with E-state index in [1.54, 1.807) is 32.7 Å². The molecule has 1 aromatic carbocycles. The van der Waals surface area contributed by atoms with Gasteiger partial charge in [-0.1, -0.05) is 0 Å². The number of anilines is 1. The van der Waals surface area contributed by atoms with Crippen LogP contribution in [0, 0.1) is 6.92 Å². The van der Waals surface area contributed by atoms with E-state index in [1.807, 2.05) is 35.0 Å². The minimum absolute atomic E-state index is 0.553. The molecule has 0 saturated carbocycles. The van der Waals surface area contributed by atoms with Gasteiger partial charge in [-0.05, 0) is 53.8 Å². The third-order valence-electron chi connectivity index (χ3n) is 4.54. The third-order valence-corrected chi connectivity index (χ3v) is 5.61. The summed E-state index contributed by atoms with van der Waals surface area (Å²) in [5.41, 5.74) is 4.01. The molecular weight excluding hydrogens is 388 g/mol. The van der Waals surface area contributed by atoms with Crippen LogP contribution < -0.4 is 19.5 Å². The molecule has 0 amide bonds. The maximum atomic E-state index is 5.43.